The highest BCUT2D eigenvalue weighted by Gasteiger charge is 2.27. The van der Waals surface area contributed by atoms with E-state index in [4.69, 9.17) is 9.97 Å². The molecule has 3 N–H and O–H groups in total. The lowest BCUT2D eigenvalue weighted by molar-refractivity contribution is 0.0946. The van der Waals surface area contributed by atoms with Crippen molar-refractivity contribution in [3.05, 3.63) is 66.0 Å². The van der Waals surface area contributed by atoms with Crippen LogP contribution in [0.25, 0.3) is 5.65 Å². The average Bonchev–Trinajstić information content (AvgIpc) is 3.32. The first-order chi connectivity index (χ1) is 16.2. The van der Waals surface area contributed by atoms with Crippen molar-refractivity contribution in [3.8, 4) is 0 Å². The highest BCUT2D eigenvalue weighted by Crippen LogP contribution is 2.34. The number of aromatic amines is 1. The number of aromatic nitrogens is 5. The highest BCUT2D eigenvalue weighted by molar-refractivity contribution is 5.93. The minimum atomic E-state index is -0.133. The monoisotopic (exact) mass is 442 g/mol. The summed E-state index contributed by atoms with van der Waals surface area (Å²) in [6.45, 7) is 0.907. The zero-order chi connectivity index (χ0) is 22.2. The number of hydrogen-bond donors (Lipinski definition) is 3. The lowest BCUT2D eigenvalue weighted by Crippen LogP contribution is -2.35. The Morgan fingerprint density at radius 1 is 1.03 bits per heavy atom. The molecule has 0 bridgehead atoms. The average molecular weight is 443 g/mol. The van der Waals surface area contributed by atoms with Crippen LogP contribution in [-0.4, -0.2) is 43.1 Å². The summed E-state index contributed by atoms with van der Waals surface area (Å²) in [5.74, 6) is 1.71. The Bertz CT molecular complexity index is 1280. The standard InChI is InChI=1S/C24H26N8O/c33-22(25-17-11-12-17)18-15-20(30-29-18)26-23-28-24(27-21-10-6-14-32(21)23)31-13-5-4-9-19(31)16-7-2-1-3-8-16/h1-3,6-8,10,14-15,17,19H,4-5,9,11-13H2,(H,25,33)(H2,26,27,28,29,30). The number of rotatable bonds is 6. The van der Waals surface area contributed by atoms with E-state index in [9.17, 15) is 4.79 Å². The van der Waals surface area contributed by atoms with Gasteiger partial charge in [-0.05, 0) is 49.8 Å². The van der Waals surface area contributed by atoms with Crippen LogP contribution in [0.1, 0.15) is 54.2 Å². The minimum absolute atomic E-state index is 0.133. The van der Waals surface area contributed by atoms with Gasteiger partial charge in [-0.15, -0.1) is 0 Å². The summed E-state index contributed by atoms with van der Waals surface area (Å²) in [6.07, 6.45) is 7.37. The molecule has 4 heterocycles. The maximum Gasteiger partial charge on any atom is 0.269 e. The number of piperidine rings is 1. The second-order valence-corrected chi connectivity index (χ2v) is 8.74. The first-order valence-electron chi connectivity index (χ1n) is 11.5. The summed E-state index contributed by atoms with van der Waals surface area (Å²) in [6, 6.07) is 16.7. The predicted octanol–water partition coefficient (Wildman–Crippen LogP) is 3.82. The van der Waals surface area contributed by atoms with Crippen LogP contribution >= 0.6 is 0 Å². The van der Waals surface area contributed by atoms with E-state index in [-0.39, 0.29) is 11.9 Å². The molecule has 168 valence electrons. The van der Waals surface area contributed by atoms with Crippen molar-refractivity contribution >= 4 is 29.3 Å². The van der Waals surface area contributed by atoms with E-state index in [2.05, 4.69) is 50.0 Å². The van der Waals surface area contributed by atoms with Crippen LogP contribution in [0.15, 0.2) is 54.7 Å². The van der Waals surface area contributed by atoms with Crippen LogP contribution in [-0.2, 0) is 0 Å². The quantitative estimate of drug-likeness (QED) is 0.419. The molecule has 1 atom stereocenters. The number of benzene rings is 1. The van der Waals surface area contributed by atoms with Crippen molar-refractivity contribution in [3.63, 3.8) is 0 Å². The van der Waals surface area contributed by atoms with Gasteiger partial charge in [-0.2, -0.15) is 15.1 Å². The summed E-state index contributed by atoms with van der Waals surface area (Å²) in [5.41, 5.74) is 2.52. The van der Waals surface area contributed by atoms with E-state index in [1.54, 1.807) is 6.07 Å². The Morgan fingerprint density at radius 2 is 1.91 bits per heavy atom. The molecule has 1 amide bonds. The van der Waals surface area contributed by atoms with Gasteiger partial charge in [0, 0.05) is 24.8 Å². The Hall–Kier alpha value is -3.88. The van der Waals surface area contributed by atoms with E-state index < -0.39 is 0 Å². The summed E-state index contributed by atoms with van der Waals surface area (Å²) < 4.78 is 1.89. The van der Waals surface area contributed by atoms with Crippen molar-refractivity contribution in [2.24, 2.45) is 0 Å². The van der Waals surface area contributed by atoms with Crippen molar-refractivity contribution in [1.29, 1.82) is 0 Å². The fourth-order valence-electron chi connectivity index (χ4n) is 4.43. The smallest absolute Gasteiger partial charge is 0.269 e. The number of anilines is 3. The molecular formula is C24H26N8O. The number of hydrogen-bond acceptors (Lipinski definition) is 6. The van der Waals surface area contributed by atoms with Gasteiger partial charge in [0.1, 0.15) is 11.3 Å². The lowest BCUT2D eigenvalue weighted by Gasteiger charge is -2.36. The topological polar surface area (TPSA) is 103 Å². The Morgan fingerprint density at radius 3 is 2.76 bits per heavy atom. The molecule has 0 spiro atoms. The van der Waals surface area contributed by atoms with Gasteiger partial charge in [0.15, 0.2) is 5.82 Å². The van der Waals surface area contributed by atoms with Gasteiger partial charge in [-0.3, -0.25) is 14.3 Å². The van der Waals surface area contributed by atoms with Crippen LogP contribution in [0.3, 0.4) is 0 Å². The maximum absolute atomic E-state index is 12.3. The molecule has 3 aromatic heterocycles. The van der Waals surface area contributed by atoms with E-state index in [0.717, 1.165) is 37.9 Å². The van der Waals surface area contributed by atoms with E-state index in [0.29, 0.717) is 29.5 Å². The third-order valence-corrected chi connectivity index (χ3v) is 6.29. The Balaban J connectivity index is 1.31. The molecule has 6 rings (SSSR count). The molecule has 1 saturated heterocycles. The molecule has 1 aliphatic heterocycles. The Kier molecular flexibility index (Phi) is 4.93. The fourth-order valence-corrected chi connectivity index (χ4v) is 4.43. The second kappa shape index (κ2) is 8.23. The van der Waals surface area contributed by atoms with Crippen LogP contribution in [0.2, 0.25) is 0 Å². The zero-order valence-electron chi connectivity index (χ0n) is 18.2. The number of nitrogens with one attached hydrogen (secondary N) is 3. The van der Waals surface area contributed by atoms with Crippen LogP contribution in [0.4, 0.5) is 17.7 Å². The third-order valence-electron chi connectivity index (χ3n) is 6.29. The molecule has 2 aliphatic rings. The second-order valence-electron chi connectivity index (χ2n) is 8.74. The van der Waals surface area contributed by atoms with Crippen molar-refractivity contribution in [1.82, 2.24) is 29.9 Å². The van der Waals surface area contributed by atoms with Crippen molar-refractivity contribution in [2.45, 2.75) is 44.2 Å². The normalized spacial score (nSPS) is 18.4. The summed E-state index contributed by atoms with van der Waals surface area (Å²) in [4.78, 5) is 24.4. The molecule has 0 radical (unpaired) electrons. The molecule has 1 aliphatic carbocycles. The van der Waals surface area contributed by atoms with Gasteiger partial charge in [0.2, 0.25) is 11.9 Å². The lowest BCUT2D eigenvalue weighted by atomic mass is 9.96. The number of carbonyl (C=O) groups excluding carboxylic acids is 1. The number of fused-ring (bicyclic) bond motifs is 1. The van der Waals surface area contributed by atoms with Gasteiger partial charge in [0.25, 0.3) is 5.91 Å². The molecule has 33 heavy (non-hydrogen) atoms. The summed E-state index contributed by atoms with van der Waals surface area (Å²) in [5, 5.41) is 13.3. The molecule has 2 fully saturated rings. The summed E-state index contributed by atoms with van der Waals surface area (Å²) >= 11 is 0. The van der Waals surface area contributed by atoms with Gasteiger partial charge in [-0.25, -0.2) is 0 Å². The van der Waals surface area contributed by atoms with Crippen LogP contribution < -0.4 is 15.5 Å². The Labute approximate surface area is 191 Å². The number of carbonyl (C=O) groups is 1. The number of nitrogens with zero attached hydrogens (tertiary/aromatic N) is 5. The third kappa shape index (κ3) is 4.02. The van der Waals surface area contributed by atoms with Gasteiger partial charge >= 0.3 is 0 Å². The van der Waals surface area contributed by atoms with Crippen molar-refractivity contribution < 1.29 is 4.79 Å². The fraction of sp³-hybridized carbons (Fsp3) is 0.333. The molecule has 1 saturated carbocycles. The van der Waals surface area contributed by atoms with E-state index in [1.807, 2.05) is 28.8 Å². The molecule has 1 aromatic carbocycles. The summed E-state index contributed by atoms with van der Waals surface area (Å²) in [7, 11) is 0. The van der Waals surface area contributed by atoms with E-state index >= 15 is 0 Å². The highest BCUT2D eigenvalue weighted by atomic mass is 16.2. The van der Waals surface area contributed by atoms with Gasteiger partial charge < -0.3 is 15.5 Å². The van der Waals surface area contributed by atoms with Crippen LogP contribution in [0, 0.1) is 0 Å². The first-order valence-corrected chi connectivity index (χ1v) is 11.5. The van der Waals surface area contributed by atoms with Crippen molar-refractivity contribution in [2.75, 3.05) is 16.8 Å². The van der Waals surface area contributed by atoms with Gasteiger partial charge in [0.05, 0.1) is 6.04 Å². The molecule has 1 unspecified atom stereocenters. The number of H-pyrrole nitrogens is 1. The van der Waals surface area contributed by atoms with Gasteiger partial charge in [-0.1, -0.05) is 30.3 Å². The molecule has 9 heteroatoms. The minimum Gasteiger partial charge on any atom is -0.348 e. The van der Waals surface area contributed by atoms with Crippen LogP contribution in [0.5, 0.6) is 0 Å². The zero-order valence-corrected chi connectivity index (χ0v) is 18.2. The van der Waals surface area contributed by atoms with E-state index in [1.165, 1.54) is 12.0 Å². The first kappa shape index (κ1) is 19.8. The molecular weight excluding hydrogens is 416 g/mol. The maximum atomic E-state index is 12.3. The number of amides is 1. The predicted molar refractivity (Wildman–Crippen MR) is 126 cm³/mol. The molecule has 9 nitrogen and oxygen atoms in total. The molecule has 4 aromatic rings. The largest absolute Gasteiger partial charge is 0.348 e. The SMILES string of the molecule is O=C(NC1CC1)c1cc(Nc2nc(N3CCCCC3c3ccccc3)nc3cccn23)n[nH]1.